The highest BCUT2D eigenvalue weighted by Gasteiger charge is 2.14. The smallest absolute Gasteiger partial charge is 0.203 e. The van der Waals surface area contributed by atoms with E-state index in [2.05, 4.69) is 22.6 Å². The monoisotopic (exact) mass is 479 g/mol. The second-order valence-corrected chi connectivity index (χ2v) is 6.77. The first-order valence-corrected chi connectivity index (χ1v) is 8.96. The Balaban J connectivity index is 2.31. The van der Waals surface area contributed by atoms with Crippen molar-refractivity contribution in [1.29, 1.82) is 5.26 Å². The van der Waals surface area contributed by atoms with Crippen molar-refractivity contribution in [2.45, 2.75) is 0 Å². The van der Waals surface area contributed by atoms with E-state index in [4.69, 9.17) is 21.1 Å². The Bertz CT molecular complexity index is 912. The van der Waals surface area contributed by atoms with Crippen LogP contribution in [0.2, 0.25) is 0 Å². The second-order valence-electron chi connectivity index (χ2n) is 5.11. The molecule has 0 atom stereocenters. The minimum absolute atomic E-state index is 0.0270. The molecule has 0 aliphatic rings. The Kier molecular flexibility index (Phi) is 7.25. The van der Waals surface area contributed by atoms with Gasteiger partial charge in [0.2, 0.25) is 5.78 Å². The molecule has 0 radical (unpaired) electrons. The van der Waals surface area contributed by atoms with Crippen molar-refractivity contribution in [1.82, 2.24) is 0 Å². The lowest BCUT2D eigenvalue weighted by atomic mass is 10.0. The van der Waals surface area contributed by atoms with Crippen LogP contribution >= 0.6 is 34.2 Å². The fraction of sp³-hybridized carbons (Fsp3) is 0.100. The quantitative estimate of drug-likeness (QED) is 0.187. The van der Waals surface area contributed by atoms with E-state index in [1.54, 1.807) is 18.2 Å². The van der Waals surface area contributed by atoms with Crippen LogP contribution in [0.5, 0.6) is 11.5 Å². The summed E-state index contributed by atoms with van der Waals surface area (Å²) in [6.45, 7) is 0. The van der Waals surface area contributed by atoms with E-state index in [0.29, 0.717) is 22.1 Å². The van der Waals surface area contributed by atoms with Crippen LogP contribution in [-0.2, 0) is 0 Å². The number of nitriles is 1. The number of hydrogen-bond donors (Lipinski definition) is 0. The highest BCUT2D eigenvalue weighted by Crippen LogP contribution is 2.28. The number of allylic oxidation sites excluding steroid dienone is 3. The molecule has 0 amide bonds. The normalized spacial score (nSPS) is 11.7. The summed E-state index contributed by atoms with van der Waals surface area (Å²) >= 11 is 8.46. The Morgan fingerprint density at radius 2 is 1.65 bits per heavy atom. The van der Waals surface area contributed by atoms with Crippen LogP contribution in [0.1, 0.15) is 15.9 Å². The number of rotatable bonds is 6. The molecule has 0 aliphatic heterocycles. The summed E-state index contributed by atoms with van der Waals surface area (Å²) in [6, 6.07) is 14.3. The zero-order valence-electron chi connectivity index (χ0n) is 14.1. The molecular weight excluding hydrogens is 465 g/mol. The van der Waals surface area contributed by atoms with Crippen molar-refractivity contribution in [3.05, 3.63) is 74.9 Å². The number of carbonyl (C=O) groups is 1. The van der Waals surface area contributed by atoms with Crippen LogP contribution in [0.25, 0.3) is 5.03 Å². The molecule has 132 valence electrons. The molecule has 0 spiro atoms. The fourth-order valence-corrected chi connectivity index (χ4v) is 2.71. The Morgan fingerprint density at radius 1 is 1.04 bits per heavy atom. The maximum absolute atomic E-state index is 12.6. The van der Waals surface area contributed by atoms with Crippen LogP contribution in [0.15, 0.2) is 60.2 Å². The lowest BCUT2D eigenvalue weighted by Crippen LogP contribution is -2.03. The molecule has 26 heavy (non-hydrogen) atoms. The topological polar surface area (TPSA) is 59.3 Å². The average Bonchev–Trinajstić information content (AvgIpc) is 2.67. The van der Waals surface area contributed by atoms with E-state index in [1.165, 1.54) is 26.4 Å². The van der Waals surface area contributed by atoms with Gasteiger partial charge in [-0.2, -0.15) is 5.26 Å². The largest absolute Gasteiger partial charge is 0.493 e. The maximum Gasteiger partial charge on any atom is 0.203 e. The number of halogens is 2. The summed E-state index contributed by atoms with van der Waals surface area (Å²) in [5, 5.41) is 9.78. The first-order valence-electron chi connectivity index (χ1n) is 7.50. The lowest BCUT2D eigenvalue weighted by molar-refractivity contribution is 0.103. The van der Waals surface area contributed by atoms with Crippen LogP contribution < -0.4 is 9.47 Å². The van der Waals surface area contributed by atoms with E-state index in [0.717, 1.165) is 9.13 Å². The number of benzene rings is 2. The number of ketones is 1. The molecule has 0 N–H and O–H groups in total. The Labute approximate surface area is 170 Å². The van der Waals surface area contributed by atoms with Gasteiger partial charge < -0.3 is 9.47 Å². The third-order valence-corrected chi connectivity index (χ3v) is 4.59. The molecule has 6 heteroatoms. The van der Waals surface area contributed by atoms with Crippen LogP contribution in [0.4, 0.5) is 0 Å². The van der Waals surface area contributed by atoms with Gasteiger partial charge in [0.05, 0.1) is 19.8 Å². The summed E-state index contributed by atoms with van der Waals surface area (Å²) in [7, 11) is 2.99. The fourth-order valence-electron chi connectivity index (χ4n) is 2.16. The van der Waals surface area contributed by atoms with Crippen LogP contribution in [0, 0.1) is 14.9 Å². The molecule has 0 unspecified atom stereocenters. The molecule has 0 saturated carbocycles. The highest BCUT2D eigenvalue weighted by atomic mass is 127. The van der Waals surface area contributed by atoms with Gasteiger partial charge in [-0.1, -0.05) is 23.7 Å². The predicted octanol–water partition coefficient (Wildman–Crippen LogP) is 5.22. The van der Waals surface area contributed by atoms with E-state index < -0.39 is 5.78 Å². The van der Waals surface area contributed by atoms with Gasteiger partial charge in [0.15, 0.2) is 11.5 Å². The summed E-state index contributed by atoms with van der Waals surface area (Å²) in [6.07, 6.45) is 2.96. The van der Waals surface area contributed by atoms with Crippen LogP contribution in [0.3, 0.4) is 0 Å². The molecule has 2 aromatic rings. The van der Waals surface area contributed by atoms with Crippen molar-refractivity contribution < 1.29 is 14.3 Å². The van der Waals surface area contributed by atoms with E-state index >= 15 is 0 Å². The number of hydrogen-bond acceptors (Lipinski definition) is 4. The van der Waals surface area contributed by atoms with Crippen molar-refractivity contribution in [3.8, 4) is 17.6 Å². The summed E-state index contributed by atoms with van der Waals surface area (Å²) in [4.78, 5) is 12.6. The van der Waals surface area contributed by atoms with Gasteiger partial charge in [-0.25, -0.2) is 0 Å². The van der Waals surface area contributed by atoms with Gasteiger partial charge >= 0.3 is 0 Å². The SMILES string of the molecule is COc1ccc(C(=O)/C(C#N)=C/C=C(\Cl)c2ccc(I)cc2)cc1OC. The van der Waals surface area contributed by atoms with Gasteiger partial charge in [-0.3, -0.25) is 4.79 Å². The number of ether oxygens (including phenoxy) is 2. The first kappa shape index (κ1) is 20.0. The standard InChI is InChI=1S/C20H15ClINO3/c1-25-18-10-6-14(11-19(18)26-2)20(24)15(12-23)5-9-17(21)13-3-7-16(22)8-4-13/h3-11H,1-2H3/b15-5+,17-9-. The third kappa shape index (κ3) is 4.87. The highest BCUT2D eigenvalue weighted by molar-refractivity contribution is 14.1. The molecule has 2 aromatic carbocycles. The molecule has 0 saturated heterocycles. The minimum Gasteiger partial charge on any atom is -0.493 e. The van der Waals surface area contributed by atoms with Gasteiger partial charge in [-0.05, 0) is 70.6 Å². The molecule has 0 heterocycles. The first-order chi connectivity index (χ1) is 12.5. The van der Waals surface area contributed by atoms with Crippen molar-refractivity contribution in [2.75, 3.05) is 14.2 Å². The molecule has 2 rings (SSSR count). The van der Waals surface area contributed by atoms with E-state index in [-0.39, 0.29) is 5.57 Å². The number of methoxy groups -OCH3 is 2. The second kappa shape index (κ2) is 9.41. The molecule has 4 nitrogen and oxygen atoms in total. The lowest BCUT2D eigenvalue weighted by Gasteiger charge is -2.08. The number of carbonyl (C=O) groups excluding carboxylic acids is 1. The summed E-state index contributed by atoms with van der Waals surface area (Å²) in [5.41, 5.74) is 1.11. The zero-order valence-corrected chi connectivity index (χ0v) is 17.0. The molecule has 0 bridgehead atoms. The zero-order chi connectivity index (χ0) is 19.1. The van der Waals surface area contributed by atoms with Crippen molar-refractivity contribution >= 4 is 45.0 Å². The predicted molar refractivity (Wildman–Crippen MR) is 111 cm³/mol. The van der Waals surface area contributed by atoms with Crippen molar-refractivity contribution in [2.24, 2.45) is 0 Å². The molecule has 0 aromatic heterocycles. The Hall–Kier alpha value is -2.30. The molecule has 0 aliphatic carbocycles. The average molecular weight is 480 g/mol. The third-order valence-electron chi connectivity index (χ3n) is 3.53. The summed E-state index contributed by atoms with van der Waals surface area (Å²) in [5.74, 6) is 0.507. The van der Waals surface area contributed by atoms with Gasteiger partial charge in [0.1, 0.15) is 6.07 Å². The number of Topliss-reactive ketones (excluding diaryl/α,β-unsaturated/α-hetero) is 1. The number of nitrogens with zero attached hydrogens (tertiary/aromatic N) is 1. The van der Waals surface area contributed by atoms with Crippen LogP contribution in [-0.4, -0.2) is 20.0 Å². The van der Waals surface area contributed by atoms with Gasteiger partial charge in [0.25, 0.3) is 0 Å². The van der Waals surface area contributed by atoms with Crippen molar-refractivity contribution in [3.63, 3.8) is 0 Å². The molecular formula is C20H15ClINO3. The maximum atomic E-state index is 12.6. The minimum atomic E-state index is -0.420. The summed E-state index contributed by atoms with van der Waals surface area (Å²) < 4.78 is 11.4. The van der Waals surface area contributed by atoms with E-state index in [9.17, 15) is 10.1 Å². The van der Waals surface area contributed by atoms with Gasteiger partial charge in [0, 0.05) is 14.2 Å². The van der Waals surface area contributed by atoms with Gasteiger partial charge in [-0.15, -0.1) is 0 Å². The van der Waals surface area contributed by atoms with E-state index in [1.807, 2.05) is 30.3 Å². The Morgan fingerprint density at radius 3 is 2.23 bits per heavy atom. The molecule has 0 fully saturated rings.